The normalized spacial score (nSPS) is 11.4. The van der Waals surface area contributed by atoms with E-state index in [9.17, 15) is 0 Å². The van der Waals surface area contributed by atoms with Gasteiger partial charge in [-0.3, -0.25) is 0 Å². The van der Waals surface area contributed by atoms with Gasteiger partial charge in [0.05, 0.1) is 22.7 Å². The Hall–Kier alpha value is -3.54. The van der Waals surface area contributed by atoms with Gasteiger partial charge >= 0.3 is 0 Å². The minimum Gasteiger partial charge on any atom is -0.399 e. The Balaban J connectivity index is 1.69. The van der Waals surface area contributed by atoms with Gasteiger partial charge in [0, 0.05) is 25.5 Å². The smallest absolute Gasteiger partial charge is 0.0890 e. The molecule has 0 heterocycles. The lowest BCUT2D eigenvalue weighted by Gasteiger charge is -2.11. The molecule has 6 nitrogen and oxygen atoms in total. The van der Waals surface area contributed by atoms with Crippen molar-refractivity contribution >= 4 is 34.1 Å². The lowest BCUT2D eigenvalue weighted by atomic mass is 10.1. The predicted molar refractivity (Wildman–Crippen MR) is 116 cm³/mol. The zero-order chi connectivity index (χ0) is 20.1. The molecule has 0 amide bonds. The van der Waals surface area contributed by atoms with E-state index in [1.54, 1.807) is 0 Å². The van der Waals surface area contributed by atoms with Gasteiger partial charge < -0.3 is 10.6 Å². The first-order chi connectivity index (χ1) is 13.4. The average molecular weight is 372 g/mol. The van der Waals surface area contributed by atoms with E-state index in [1.807, 2.05) is 93.5 Å². The van der Waals surface area contributed by atoms with Crippen molar-refractivity contribution in [2.75, 3.05) is 24.7 Å². The van der Waals surface area contributed by atoms with Gasteiger partial charge in [0.25, 0.3) is 0 Å². The molecule has 3 rings (SSSR count). The zero-order valence-corrected chi connectivity index (χ0v) is 16.6. The van der Waals surface area contributed by atoms with Crippen molar-refractivity contribution in [1.29, 1.82) is 0 Å². The maximum absolute atomic E-state index is 5.91. The van der Waals surface area contributed by atoms with Crippen LogP contribution < -0.4 is 10.6 Å². The molecular formula is C22H24N6. The maximum Gasteiger partial charge on any atom is 0.0890 e. The highest BCUT2D eigenvalue weighted by Crippen LogP contribution is 2.28. The summed E-state index contributed by atoms with van der Waals surface area (Å²) < 4.78 is 0. The summed E-state index contributed by atoms with van der Waals surface area (Å²) in [4.78, 5) is 2.04. The van der Waals surface area contributed by atoms with Crippen molar-refractivity contribution < 1.29 is 0 Å². The number of benzene rings is 3. The van der Waals surface area contributed by atoms with Crippen LogP contribution in [-0.4, -0.2) is 14.1 Å². The van der Waals surface area contributed by atoms with Crippen LogP contribution in [-0.2, 0) is 0 Å². The number of nitrogens with two attached hydrogens (primary N) is 1. The molecule has 2 N–H and O–H groups in total. The van der Waals surface area contributed by atoms with Gasteiger partial charge in [0.1, 0.15) is 0 Å². The molecule has 0 saturated heterocycles. The van der Waals surface area contributed by atoms with Crippen LogP contribution in [0.15, 0.2) is 81.1 Å². The second-order valence-corrected chi connectivity index (χ2v) is 6.82. The standard InChI is InChI=1S/C22H24N6/c1-15-14-22(16(2)13-21(15)23)27-26-18-7-5-17(6-8-18)24-25-19-9-11-20(12-10-19)28(3)4/h5-14H,23H2,1-4H3. The van der Waals surface area contributed by atoms with Crippen molar-refractivity contribution in [3.63, 3.8) is 0 Å². The Kier molecular flexibility index (Phi) is 5.79. The monoisotopic (exact) mass is 372 g/mol. The summed E-state index contributed by atoms with van der Waals surface area (Å²) in [7, 11) is 4.01. The Morgan fingerprint density at radius 3 is 1.61 bits per heavy atom. The molecule has 0 aromatic heterocycles. The molecule has 0 aliphatic rings. The molecule has 0 atom stereocenters. The summed E-state index contributed by atoms with van der Waals surface area (Å²) in [6.07, 6.45) is 0. The molecular weight excluding hydrogens is 348 g/mol. The van der Waals surface area contributed by atoms with E-state index in [-0.39, 0.29) is 0 Å². The maximum atomic E-state index is 5.91. The molecule has 0 fully saturated rings. The Morgan fingerprint density at radius 2 is 1.11 bits per heavy atom. The van der Waals surface area contributed by atoms with Crippen LogP contribution in [0.5, 0.6) is 0 Å². The fourth-order valence-electron chi connectivity index (χ4n) is 2.56. The molecule has 3 aromatic carbocycles. The fraction of sp³-hybridized carbons (Fsp3) is 0.182. The first-order valence-corrected chi connectivity index (χ1v) is 9.00. The first-order valence-electron chi connectivity index (χ1n) is 9.00. The third kappa shape index (κ3) is 4.79. The van der Waals surface area contributed by atoms with Crippen LogP contribution in [0.25, 0.3) is 0 Å². The Labute approximate surface area is 165 Å². The number of hydrogen-bond donors (Lipinski definition) is 1. The SMILES string of the molecule is Cc1cc(N=Nc2ccc(N=Nc3ccc(N(C)C)cc3)cc2)c(C)cc1N. The summed E-state index contributed by atoms with van der Waals surface area (Å²) in [5.74, 6) is 0. The van der Waals surface area contributed by atoms with Crippen molar-refractivity contribution in [3.05, 3.63) is 71.8 Å². The molecule has 0 radical (unpaired) electrons. The van der Waals surface area contributed by atoms with E-state index in [0.29, 0.717) is 0 Å². The zero-order valence-electron chi connectivity index (χ0n) is 16.6. The van der Waals surface area contributed by atoms with Crippen LogP contribution in [0.2, 0.25) is 0 Å². The van der Waals surface area contributed by atoms with E-state index in [0.717, 1.165) is 45.3 Å². The first kappa shape index (κ1) is 19.2. The lowest BCUT2D eigenvalue weighted by Crippen LogP contribution is -2.07. The summed E-state index contributed by atoms with van der Waals surface area (Å²) in [5.41, 5.74) is 12.9. The van der Waals surface area contributed by atoms with E-state index in [1.165, 1.54) is 0 Å². The quantitative estimate of drug-likeness (QED) is 0.395. The number of nitrogen functional groups attached to an aromatic ring is 1. The number of anilines is 2. The molecule has 0 unspecified atom stereocenters. The highest BCUT2D eigenvalue weighted by Gasteiger charge is 2.01. The molecule has 142 valence electrons. The third-order valence-corrected chi connectivity index (χ3v) is 4.35. The molecule has 6 heteroatoms. The lowest BCUT2D eigenvalue weighted by molar-refractivity contribution is 1.13. The van der Waals surface area contributed by atoms with Gasteiger partial charge in [-0.15, -0.1) is 0 Å². The van der Waals surface area contributed by atoms with Crippen LogP contribution in [0.1, 0.15) is 11.1 Å². The molecule has 0 aliphatic heterocycles. The van der Waals surface area contributed by atoms with Gasteiger partial charge in [-0.2, -0.15) is 20.5 Å². The van der Waals surface area contributed by atoms with Crippen LogP contribution in [0, 0.1) is 13.8 Å². The molecule has 0 saturated carbocycles. The number of azo groups is 2. The average Bonchev–Trinajstić information content (AvgIpc) is 2.69. The molecule has 28 heavy (non-hydrogen) atoms. The fourth-order valence-corrected chi connectivity index (χ4v) is 2.56. The van der Waals surface area contributed by atoms with Crippen molar-refractivity contribution in [3.8, 4) is 0 Å². The number of rotatable bonds is 5. The third-order valence-electron chi connectivity index (χ3n) is 4.35. The molecule has 0 spiro atoms. The second kappa shape index (κ2) is 8.43. The topological polar surface area (TPSA) is 78.7 Å². The highest BCUT2D eigenvalue weighted by molar-refractivity contribution is 5.59. The van der Waals surface area contributed by atoms with Gasteiger partial charge in [-0.1, -0.05) is 0 Å². The summed E-state index contributed by atoms with van der Waals surface area (Å²) in [6.45, 7) is 3.93. The number of hydrogen-bond acceptors (Lipinski definition) is 6. The van der Waals surface area contributed by atoms with Gasteiger partial charge in [0.2, 0.25) is 0 Å². The number of aryl methyl sites for hydroxylation is 2. The van der Waals surface area contributed by atoms with E-state index < -0.39 is 0 Å². The van der Waals surface area contributed by atoms with Crippen molar-refractivity contribution in [1.82, 2.24) is 0 Å². The van der Waals surface area contributed by atoms with E-state index in [2.05, 4.69) is 20.5 Å². The summed E-state index contributed by atoms with van der Waals surface area (Å²) >= 11 is 0. The summed E-state index contributed by atoms with van der Waals surface area (Å²) in [6, 6.07) is 19.2. The van der Waals surface area contributed by atoms with Crippen LogP contribution in [0.4, 0.5) is 34.1 Å². The van der Waals surface area contributed by atoms with Gasteiger partial charge in [0.15, 0.2) is 0 Å². The Bertz CT molecular complexity index is 1000. The van der Waals surface area contributed by atoms with Crippen molar-refractivity contribution in [2.45, 2.75) is 13.8 Å². The predicted octanol–water partition coefficient (Wildman–Crippen LogP) is 6.78. The Morgan fingerprint density at radius 1 is 0.643 bits per heavy atom. The van der Waals surface area contributed by atoms with E-state index >= 15 is 0 Å². The second-order valence-electron chi connectivity index (χ2n) is 6.82. The highest BCUT2D eigenvalue weighted by atomic mass is 15.1. The van der Waals surface area contributed by atoms with Crippen molar-refractivity contribution in [2.24, 2.45) is 20.5 Å². The number of nitrogens with zero attached hydrogens (tertiary/aromatic N) is 5. The largest absolute Gasteiger partial charge is 0.399 e. The summed E-state index contributed by atoms with van der Waals surface area (Å²) in [5, 5.41) is 17.2. The molecule has 3 aromatic rings. The minimum absolute atomic E-state index is 0.753. The van der Waals surface area contributed by atoms with Gasteiger partial charge in [-0.05, 0) is 85.6 Å². The molecule has 0 aliphatic carbocycles. The minimum atomic E-state index is 0.753. The molecule has 0 bridgehead atoms. The van der Waals surface area contributed by atoms with Crippen LogP contribution >= 0.6 is 0 Å². The van der Waals surface area contributed by atoms with Gasteiger partial charge in [-0.25, -0.2) is 0 Å². The van der Waals surface area contributed by atoms with Crippen LogP contribution in [0.3, 0.4) is 0 Å². The van der Waals surface area contributed by atoms with E-state index in [4.69, 9.17) is 5.73 Å².